The van der Waals surface area contributed by atoms with Crippen LogP contribution >= 0.6 is 35.8 Å². The fourth-order valence-corrected chi connectivity index (χ4v) is 5.80. The first-order chi connectivity index (χ1) is 19.9. The topological polar surface area (TPSA) is 80.8 Å². The number of rotatable bonds is 7. The van der Waals surface area contributed by atoms with Crippen LogP contribution in [0.4, 0.5) is 0 Å². The van der Waals surface area contributed by atoms with E-state index >= 15 is 0 Å². The van der Waals surface area contributed by atoms with Crippen LogP contribution in [0, 0.1) is 0 Å². The summed E-state index contributed by atoms with van der Waals surface area (Å²) < 4.78 is 5.61. The molecule has 1 aromatic heterocycles. The summed E-state index contributed by atoms with van der Waals surface area (Å²) in [7, 11) is 1.62. The van der Waals surface area contributed by atoms with Crippen LogP contribution in [-0.2, 0) is 22.7 Å². The van der Waals surface area contributed by atoms with Gasteiger partial charge in [0.2, 0.25) is 6.41 Å². The molecule has 3 aromatic rings. The predicted octanol–water partition coefficient (Wildman–Crippen LogP) is 7.27. The highest BCUT2D eigenvalue weighted by atomic mass is 35.5. The highest BCUT2D eigenvalue weighted by Gasteiger charge is 2.40. The number of methoxy groups -OCH3 is 1. The van der Waals surface area contributed by atoms with Crippen molar-refractivity contribution in [3.05, 3.63) is 93.2 Å². The number of carbonyl (C=O) groups is 2. The molecule has 0 spiro atoms. The second kappa shape index (κ2) is 17.2. The number of amides is 2. The molecule has 2 aromatic carbocycles. The standard InChI is InChI=1S/C22H23Cl2NO2.C7H8N2O2.C2H6S/c1-27-20-13-15(23)12-18(24)21(20)19-11-14-7-5-6-10-17(14)22(26)25(19)16-8-3-2-4-9-16;10-6-9-11-5-7-3-1-2-4-8-7;1-2-3/h5-7,10,12-13,16,19H,2-4,8-9,11H2,1H3;1-4,6H,5H2,(H,9,10);3H,2H2,1H3. The van der Waals surface area contributed by atoms with Crippen molar-refractivity contribution < 1.29 is 19.2 Å². The van der Waals surface area contributed by atoms with E-state index in [0.29, 0.717) is 28.8 Å². The van der Waals surface area contributed by atoms with E-state index in [4.69, 9.17) is 27.9 Å². The minimum absolute atomic E-state index is 0.0989. The Bertz CT molecular complexity index is 1260. The van der Waals surface area contributed by atoms with Gasteiger partial charge in [-0.25, -0.2) is 5.48 Å². The van der Waals surface area contributed by atoms with Crippen molar-refractivity contribution in [1.29, 1.82) is 0 Å². The molecule has 1 N–H and O–H groups in total. The van der Waals surface area contributed by atoms with Gasteiger partial charge in [-0.3, -0.25) is 19.4 Å². The lowest BCUT2D eigenvalue weighted by Crippen LogP contribution is -2.47. The molecule has 1 unspecified atom stereocenters. The second-order valence-electron chi connectivity index (χ2n) is 9.55. The smallest absolute Gasteiger partial charge is 0.254 e. The number of carbonyl (C=O) groups excluding carboxylic acids is 2. The largest absolute Gasteiger partial charge is 0.496 e. The average molecular weight is 619 g/mol. The van der Waals surface area contributed by atoms with Crippen LogP contribution in [0.25, 0.3) is 0 Å². The second-order valence-corrected chi connectivity index (χ2v) is 11.0. The van der Waals surface area contributed by atoms with Crippen LogP contribution in [0.2, 0.25) is 10.0 Å². The summed E-state index contributed by atoms with van der Waals surface area (Å²) in [5.74, 6) is 1.69. The number of fused-ring (bicyclic) bond motifs is 1. The molecule has 2 heterocycles. The van der Waals surface area contributed by atoms with Gasteiger partial charge in [0, 0.05) is 28.4 Å². The van der Waals surface area contributed by atoms with Gasteiger partial charge < -0.3 is 9.64 Å². The SMILES string of the molecule is CCS.COc1cc(Cl)cc(Cl)c1C1Cc2ccccc2C(=O)N1C1CCCCC1.O=CNOCc1ccccn1. The van der Waals surface area contributed by atoms with Crippen LogP contribution in [0.5, 0.6) is 5.75 Å². The molecule has 0 saturated heterocycles. The number of halogens is 2. The Morgan fingerprint density at radius 2 is 1.80 bits per heavy atom. The number of hydrogen-bond acceptors (Lipinski definition) is 6. The number of benzene rings is 2. The predicted molar refractivity (Wildman–Crippen MR) is 167 cm³/mol. The van der Waals surface area contributed by atoms with Gasteiger partial charge in [-0.15, -0.1) is 0 Å². The molecule has 1 atom stereocenters. The van der Waals surface area contributed by atoms with E-state index < -0.39 is 0 Å². The number of nitrogens with zero attached hydrogens (tertiary/aromatic N) is 2. The van der Waals surface area contributed by atoms with Crippen molar-refractivity contribution in [3.63, 3.8) is 0 Å². The number of hydrogen-bond donors (Lipinski definition) is 2. The van der Waals surface area contributed by atoms with E-state index in [-0.39, 0.29) is 18.0 Å². The quantitative estimate of drug-likeness (QED) is 0.126. The maximum atomic E-state index is 13.5. The minimum Gasteiger partial charge on any atom is -0.496 e. The van der Waals surface area contributed by atoms with Gasteiger partial charge in [0.05, 0.1) is 23.9 Å². The monoisotopic (exact) mass is 617 g/mol. The molecule has 0 radical (unpaired) electrons. The number of aromatic nitrogens is 1. The third-order valence-corrected chi connectivity index (χ3v) is 7.42. The molecule has 5 rings (SSSR count). The zero-order valence-corrected chi connectivity index (χ0v) is 25.8. The summed E-state index contributed by atoms with van der Waals surface area (Å²) in [5.41, 5.74) is 5.59. The Morgan fingerprint density at radius 3 is 2.46 bits per heavy atom. The van der Waals surface area contributed by atoms with Crippen LogP contribution in [0.3, 0.4) is 0 Å². The van der Waals surface area contributed by atoms with Crippen molar-refractivity contribution in [2.75, 3.05) is 12.9 Å². The molecular weight excluding hydrogens is 581 g/mol. The van der Waals surface area contributed by atoms with Gasteiger partial charge in [0.25, 0.3) is 5.91 Å². The zero-order chi connectivity index (χ0) is 29.6. The minimum atomic E-state index is -0.143. The van der Waals surface area contributed by atoms with Gasteiger partial charge in [-0.1, -0.05) is 73.7 Å². The van der Waals surface area contributed by atoms with Crippen LogP contribution < -0.4 is 10.2 Å². The number of nitrogens with one attached hydrogen (secondary N) is 1. The first kappa shape index (κ1) is 32.7. The molecular formula is C31H37Cl2N3O4S. The van der Waals surface area contributed by atoms with Crippen LogP contribution in [-0.4, -0.2) is 41.1 Å². The molecule has 1 fully saturated rings. The van der Waals surface area contributed by atoms with Crippen molar-refractivity contribution in [2.45, 2.75) is 64.1 Å². The fraction of sp³-hybridized carbons (Fsp3) is 0.387. The molecule has 220 valence electrons. The normalized spacial score (nSPS) is 16.4. The third-order valence-electron chi connectivity index (χ3n) is 6.89. The summed E-state index contributed by atoms with van der Waals surface area (Å²) in [6.45, 7) is 2.28. The lowest BCUT2D eigenvalue weighted by molar-refractivity contribution is -0.121. The lowest BCUT2D eigenvalue weighted by atomic mass is 9.84. The Morgan fingerprint density at radius 1 is 1.10 bits per heavy atom. The Kier molecular flexibility index (Phi) is 13.8. The number of ether oxygens (including phenoxy) is 1. The molecule has 2 amide bonds. The first-order valence-electron chi connectivity index (χ1n) is 13.7. The van der Waals surface area contributed by atoms with E-state index in [0.717, 1.165) is 60.2 Å². The summed E-state index contributed by atoms with van der Waals surface area (Å²) in [4.78, 5) is 34.0. The van der Waals surface area contributed by atoms with E-state index in [1.165, 1.54) is 6.42 Å². The van der Waals surface area contributed by atoms with E-state index in [1.807, 2.05) is 49.4 Å². The van der Waals surface area contributed by atoms with Crippen LogP contribution in [0.15, 0.2) is 60.8 Å². The number of thiol groups is 1. The van der Waals surface area contributed by atoms with Crippen molar-refractivity contribution in [3.8, 4) is 5.75 Å². The van der Waals surface area contributed by atoms with Gasteiger partial charge in [-0.2, -0.15) is 12.6 Å². The van der Waals surface area contributed by atoms with Gasteiger partial charge >= 0.3 is 0 Å². The summed E-state index contributed by atoms with van der Waals surface area (Å²) in [6, 6.07) is 17.0. The molecule has 1 aliphatic heterocycles. The molecule has 1 saturated carbocycles. The zero-order valence-electron chi connectivity index (χ0n) is 23.4. The van der Waals surface area contributed by atoms with Gasteiger partial charge in [-0.05, 0) is 60.9 Å². The molecule has 10 heteroatoms. The molecule has 1 aliphatic carbocycles. The number of hydroxylamine groups is 1. The first-order valence-corrected chi connectivity index (χ1v) is 15.1. The maximum Gasteiger partial charge on any atom is 0.254 e. The molecule has 7 nitrogen and oxygen atoms in total. The lowest BCUT2D eigenvalue weighted by Gasteiger charge is -2.44. The van der Waals surface area contributed by atoms with E-state index in [1.54, 1.807) is 25.4 Å². The average Bonchev–Trinajstić information content (AvgIpc) is 2.99. The maximum absolute atomic E-state index is 13.5. The highest BCUT2D eigenvalue weighted by molar-refractivity contribution is 7.80. The highest BCUT2D eigenvalue weighted by Crippen LogP contribution is 2.44. The van der Waals surface area contributed by atoms with Crippen molar-refractivity contribution in [2.24, 2.45) is 0 Å². The number of pyridine rings is 1. The Labute approximate surface area is 257 Å². The molecule has 2 aliphatic rings. The van der Waals surface area contributed by atoms with E-state index in [2.05, 4.69) is 32.8 Å². The molecule has 0 bridgehead atoms. The van der Waals surface area contributed by atoms with Crippen molar-refractivity contribution in [1.82, 2.24) is 15.4 Å². The summed E-state index contributed by atoms with van der Waals surface area (Å²) in [6.07, 6.45) is 8.52. The summed E-state index contributed by atoms with van der Waals surface area (Å²) in [5, 5.41) is 1.09. The van der Waals surface area contributed by atoms with Crippen molar-refractivity contribution >= 4 is 48.1 Å². The van der Waals surface area contributed by atoms with Gasteiger partial charge in [0.15, 0.2) is 0 Å². The van der Waals surface area contributed by atoms with E-state index in [9.17, 15) is 9.59 Å². The Hall–Kier alpha value is -2.78. The van der Waals surface area contributed by atoms with Gasteiger partial charge in [0.1, 0.15) is 12.4 Å². The molecule has 41 heavy (non-hydrogen) atoms. The Balaban J connectivity index is 0.000000275. The fourth-order valence-electron chi connectivity index (χ4n) is 5.20. The summed E-state index contributed by atoms with van der Waals surface area (Å²) >= 11 is 16.6. The third kappa shape index (κ3) is 9.10. The van der Waals surface area contributed by atoms with Crippen LogP contribution in [0.1, 0.15) is 72.2 Å².